The molecule has 106 valence electrons. The maximum Gasteiger partial charge on any atom is 0.146 e. The fourth-order valence-electron chi connectivity index (χ4n) is 2.39. The van der Waals surface area contributed by atoms with Gasteiger partial charge in [0.15, 0.2) is 0 Å². The van der Waals surface area contributed by atoms with Gasteiger partial charge in [-0.3, -0.25) is 0 Å². The molecule has 0 spiro atoms. The van der Waals surface area contributed by atoms with Gasteiger partial charge in [-0.1, -0.05) is 0 Å². The van der Waals surface area contributed by atoms with Crippen molar-refractivity contribution in [2.45, 2.75) is 32.7 Å². The van der Waals surface area contributed by atoms with E-state index >= 15 is 0 Å². The predicted octanol–water partition coefficient (Wildman–Crippen LogP) is 2.57. The van der Waals surface area contributed by atoms with Crippen molar-refractivity contribution in [1.29, 1.82) is 0 Å². The second kappa shape index (κ2) is 7.05. The first kappa shape index (κ1) is 14.5. The van der Waals surface area contributed by atoms with Gasteiger partial charge in [0.2, 0.25) is 0 Å². The van der Waals surface area contributed by atoms with E-state index in [1.165, 1.54) is 25.9 Å². The Morgan fingerprint density at radius 1 is 1.32 bits per heavy atom. The summed E-state index contributed by atoms with van der Waals surface area (Å²) in [6.45, 7) is 8.60. The number of nitrogens with one attached hydrogen (secondary N) is 2. The molecular formula is C13H22BrN5. The van der Waals surface area contributed by atoms with E-state index in [1.54, 1.807) is 6.33 Å². The van der Waals surface area contributed by atoms with Gasteiger partial charge in [0.05, 0.1) is 0 Å². The van der Waals surface area contributed by atoms with Crippen LogP contribution in [0.4, 0.5) is 11.6 Å². The van der Waals surface area contributed by atoms with E-state index in [9.17, 15) is 0 Å². The summed E-state index contributed by atoms with van der Waals surface area (Å²) in [4.78, 5) is 11.0. The van der Waals surface area contributed by atoms with Gasteiger partial charge in [0, 0.05) is 19.1 Å². The van der Waals surface area contributed by atoms with E-state index in [-0.39, 0.29) is 0 Å². The van der Waals surface area contributed by atoms with Crippen molar-refractivity contribution in [3.8, 4) is 0 Å². The van der Waals surface area contributed by atoms with Crippen molar-refractivity contribution in [3.05, 3.63) is 10.8 Å². The molecule has 1 aromatic heterocycles. The molecule has 1 fully saturated rings. The molecule has 1 aliphatic rings. The molecule has 0 aromatic carbocycles. The van der Waals surface area contributed by atoms with Crippen LogP contribution >= 0.6 is 15.9 Å². The molecule has 0 bridgehead atoms. The quantitative estimate of drug-likeness (QED) is 0.841. The highest BCUT2D eigenvalue weighted by atomic mass is 79.9. The van der Waals surface area contributed by atoms with Gasteiger partial charge in [0.25, 0.3) is 0 Å². The van der Waals surface area contributed by atoms with E-state index in [0.717, 1.165) is 29.2 Å². The van der Waals surface area contributed by atoms with E-state index < -0.39 is 0 Å². The third-order valence-corrected chi connectivity index (χ3v) is 4.00. The normalized spacial score (nSPS) is 17.4. The molecule has 0 amide bonds. The van der Waals surface area contributed by atoms with Crippen LogP contribution in [0.1, 0.15) is 26.7 Å². The third kappa shape index (κ3) is 4.04. The second-order valence-electron chi connectivity index (χ2n) is 4.97. The molecule has 1 aromatic rings. The lowest BCUT2D eigenvalue weighted by molar-refractivity contribution is 0.327. The molecule has 2 heterocycles. The number of nitrogens with zero attached hydrogens (tertiary/aromatic N) is 3. The van der Waals surface area contributed by atoms with Crippen LogP contribution in [0.5, 0.6) is 0 Å². The SMILES string of the molecule is CCNc1ncnc(NC(C)CN2CCCC2)c1Br. The molecule has 1 saturated heterocycles. The molecule has 19 heavy (non-hydrogen) atoms. The second-order valence-corrected chi connectivity index (χ2v) is 5.76. The van der Waals surface area contributed by atoms with E-state index in [1.807, 2.05) is 0 Å². The smallest absolute Gasteiger partial charge is 0.146 e. The van der Waals surface area contributed by atoms with Crippen LogP contribution in [0.2, 0.25) is 0 Å². The van der Waals surface area contributed by atoms with Crippen molar-refractivity contribution in [1.82, 2.24) is 14.9 Å². The van der Waals surface area contributed by atoms with Crippen LogP contribution in [0.3, 0.4) is 0 Å². The maximum absolute atomic E-state index is 4.31. The van der Waals surface area contributed by atoms with Gasteiger partial charge >= 0.3 is 0 Å². The number of aromatic nitrogens is 2. The lowest BCUT2D eigenvalue weighted by atomic mass is 10.3. The van der Waals surface area contributed by atoms with Crippen molar-refractivity contribution in [2.75, 3.05) is 36.8 Å². The van der Waals surface area contributed by atoms with Gasteiger partial charge in [-0.2, -0.15) is 0 Å². The van der Waals surface area contributed by atoms with E-state index in [2.05, 4.69) is 55.3 Å². The largest absolute Gasteiger partial charge is 0.369 e. The Labute approximate surface area is 123 Å². The van der Waals surface area contributed by atoms with Crippen LogP contribution in [0, 0.1) is 0 Å². The van der Waals surface area contributed by atoms with E-state index in [4.69, 9.17) is 0 Å². The maximum atomic E-state index is 4.31. The molecule has 2 rings (SSSR count). The molecule has 0 saturated carbocycles. The third-order valence-electron chi connectivity index (χ3n) is 3.25. The highest BCUT2D eigenvalue weighted by Gasteiger charge is 2.16. The zero-order valence-corrected chi connectivity index (χ0v) is 13.2. The average molecular weight is 328 g/mol. The summed E-state index contributed by atoms with van der Waals surface area (Å²) in [5.74, 6) is 1.70. The molecule has 2 N–H and O–H groups in total. The van der Waals surface area contributed by atoms with Crippen molar-refractivity contribution in [2.24, 2.45) is 0 Å². The molecular weight excluding hydrogens is 306 g/mol. The first-order chi connectivity index (χ1) is 9.20. The lowest BCUT2D eigenvalue weighted by Gasteiger charge is -2.22. The minimum absolute atomic E-state index is 0.374. The zero-order valence-electron chi connectivity index (χ0n) is 11.6. The number of rotatable bonds is 6. The van der Waals surface area contributed by atoms with E-state index in [0.29, 0.717) is 6.04 Å². The predicted molar refractivity (Wildman–Crippen MR) is 82.7 cm³/mol. The topological polar surface area (TPSA) is 53.1 Å². The average Bonchev–Trinajstić information content (AvgIpc) is 2.87. The Morgan fingerprint density at radius 2 is 2.00 bits per heavy atom. The first-order valence-electron chi connectivity index (χ1n) is 6.94. The lowest BCUT2D eigenvalue weighted by Crippen LogP contribution is -2.33. The molecule has 1 aliphatic heterocycles. The Hall–Kier alpha value is -0.880. The van der Waals surface area contributed by atoms with Gasteiger partial charge in [-0.05, 0) is 55.7 Å². The Kier molecular flexibility index (Phi) is 5.39. The highest BCUT2D eigenvalue weighted by molar-refractivity contribution is 9.10. The summed E-state index contributed by atoms with van der Waals surface area (Å²) >= 11 is 3.56. The zero-order chi connectivity index (χ0) is 13.7. The molecule has 6 heteroatoms. The number of likely N-dealkylation sites (tertiary alicyclic amines) is 1. The van der Waals surface area contributed by atoms with Crippen molar-refractivity contribution in [3.63, 3.8) is 0 Å². The van der Waals surface area contributed by atoms with Crippen LogP contribution in [-0.4, -0.2) is 47.1 Å². The highest BCUT2D eigenvalue weighted by Crippen LogP contribution is 2.26. The summed E-state index contributed by atoms with van der Waals surface area (Å²) in [5, 5.41) is 6.67. The fourth-order valence-corrected chi connectivity index (χ4v) is 2.85. The van der Waals surface area contributed by atoms with Crippen LogP contribution < -0.4 is 10.6 Å². The van der Waals surface area contributed by atoms with Crippen molar-refractivity contribution < 1.29 is 0 Å². The minimum atomic E-state index is 0.374. The summed E-state index contributed by atoms with van der Waals surface area (Å²) in [5.41, 5.74) is 0. The standard InChI is InChI=1S/C13H22BrN5/c1-3-15-12-11(14)13(17-9-16-12)18-10(2)8-19-6-4-5-7-19/h9-10H,3-8H2,1-2H3,(H2,15,16,17,18). The molecule has 0 radical (unpaired) electrons. The number of anilines is 2. The summed E-state index contributed by atoms with van der Waals surface area (Å²) in [7, 11) is 0. The summed E-state index contributed by atoms with van der Waals surface area (Å²) < 4.78 is 0.908. The molecule has 0 aliphatic carbocycles. The summed E-state index contributed by atoms with van der Waals surface area (Å²) in [6.07, 6.45) is 4.25. The van der Waals surface area contributed by atoms with Gasteiger partial charge < -0.3 is 15.5 Å². The van der Waals surface area contributed by atoms with Gasteiger partial charge in [-0.25, -0.2) is 9.97 Å². The molecule has 1 unspecified atom stereocenters. The Balaban J connectivity index is 1.95. The van der Waals surface area contributed by atoms with Gasteiger partial charge in [0.1, 0.15) is 22.4 Å². The molecule has 5 nitrogen and oxygen atoms in total. The van der Waals surface area contributed by atoms with Crippen LogP contribution in [0.15, 0.2) is 10.8 Å². The summed E-state index contributed by atoms with van der Waals surface area (Å²) in [6, 6.07) is 0.374. The fraction of sp³-hybridized carbons (Fsp3) is 0.692. The van der Waals surface area contributed by atoms with Crippen LogP contribution in [-0.2, 0) is 0 Å². The van der Waals surface area contributed by atoms with Crippen molar-refractivity contribution >= 4 is 27.6 Å². The Bertz CT molecular complexity index is 406. The van der Waals surface area contributed by atoms with Gasteiger partial charge in [-0.15, -0.1) is 0 Å². The number of hydrogen-bond donors (Lipinski definition) is 2. The molecule has 1 atom stereocenters. The minimum Gasteiger partial charge on any atom is -0.369 e. The van der Waals surface area contributed by atoms with Crippen LogP contribution in [0.25, 0.3) is 0 Å². The number of halogens is 1. The monoisotopic (exact) mass is 327 g/mol. The first-order valence-corrected chi connectivity index (χ1v) is 7.73. The Morgan fingerprint density at radius 3 is 2.68 bits per heavy atom. The number of hydrogen-bond acceptors (Lipinski definition) is 5.